The summed E-state index contributed by atoms with van der Waals surface area (Å²) in [5.41, 5.74) is 3.82. The SMILES string of the molecule is CNc1ccc(C(=O)N(C)Cc2cnn(C)c2)cc1C. The van der Waals surface area contributed by atoms with Gasteiger partial charge in [-0.2, -0.15) is 5.10 Å². The Labute approximate surface area is 119 Å². The van der Waals surface area contributed by atoms with E-state index in [9.17, 15) is 4.79 Å². The van der Waals surface area contributed by atoms with Gasteiger partial charge in [-0.15, -0.1) is 0 Å². The van der Waals surface area contributed by atoms with Crippen molar-refractivity contribution >= 4 is 11.6 Å². The molecular weight excluding hydrogens is 252 g/mol. The zero-order valence-corrected chi connectivity index (χ0v) is 12.3. The minimum atomic E-state index is 0.0135. The molecule has 106 valence electrons. The number of aromatic nitrogens is 2. The molecule has 0 bridgehead atoms. The Morgan fingerprint density at radius 3 is 2.75 bits per heavy atom. The first kappa shape index (κ1) is 14.1. The van der Waals surface area contributed by atoms with Gasteiger partial charge < -0.3 is 10.2 Å². The molecule has 5 heteroatoms. The van der Waals surface area contributed by atoms with Crippen molar-refractivity contribution in [1.82, 2.24) is 14.7 Å². The van der Waals surface area contributed by atoms with Gasteiger partial charge >= 0.3 is 0 Å². The molecule has 0 aliphatic heterocycles. The molecule has 20 heavy (non-hydrogen) atoms. The van der Waals surface area contributed by atoms with E-state index >= 15 is 0 Å². The van der Waals surface area contributed by atoms with Gasteiger partial charge in [0.25, 0.3) is 5.91 Å². The van der Waals surface area contributed by atoms with E-state index in [1.165, 1.54) is 0 Å². The first-order chi connectivity index (χ1) is 9.51. The van der Waals surface area contributed by atoms with E-state index in [-0.39, 0.29) is 5.91 Å². The van der Waals surface area contributed by atoms with Crippen LogP contribution in [0.4, 0.5) is 5.69 Å². The van der Waals surface area contributed by atoms with Crippen molar-refractivity contribution in [2.75, 3.05) is 19.4 Å². The van der Waals surface area contributed by atoms with Crippen LogP contribution in [0.2, 0.25) is 0 Å². The molecule has 0 radical (unpaired) electrons. The number of amides is 1. The fraction of sp³-hybridized carbons (Fsp3) is 0.333. The van der Waals surface area contributed by atoms with Crippen LogP contribution in [0.5, 0.6) is 0 Å². The average molecular weight is 272 g/mol. The summed E-state index contributed by atoms with van der Waals surface area (Å²) in [5.74, 6) is 0.0135. The summed E-state index contributed by atoms with van der Waals surface area (Å²) < 4.78 is 1.74. The molecule has 1 aromatic carbocycles. The number of hydrogen-bond acceptors (Lipinski definition) is 3. The summed E-state index contributed by atoms with van der Waals surface area (Å²) in [6.45, 7) is 2.54. The van der Waals surface area contributed by atoms with Crippen LogP contribution in [0.3, 0.4) is 0 Å². The molecule has 1 heterocycles. The van der Waals surface area contributed by atoms with Crippen molar-refractivity contribution in [3.8, 4) is 0 Å². The zero-order chi connectivity index (χ0) is 14.7. The minimum Gasteiger partial charge on any atom is -0.388 e. The highest BCUT2D eigenvalue weighted by molar-refractivity contribution is 5.94. The van der Waals surface area contributed by atoms with Crippen LogP contribution < -0.4 is 5.32 Å². The molecular formula is C15H20N4O. The number of aryl methyl sites for hydroxylation is 2. The molecule has 0 fully saturated rings. The van der Waals surface area contributed by atoms with Crippen molar-refractivity contribution in [3.63, 3.8) is 0 Å². The predicted octanol–water partition coefficient (Wildman–Crippen LogP) is 2.04. The van der Waals surface area contributed by atoms with Crippen LogP contribution in [0.1, 0.15) is 21.5 Å². The Morgan fingerprint density at radius 2 is 2.20 bits per heavy atom. The van der Waals surface area contributed by atoms with E-state index in [1.54, 1.807) is 22.8 Å². The summed E-state index contributed by atoms with van der Waals surface area (Å²) in [4.78, 5) is 14.1. The second-order valence-corrected chi connectivity index (χ2v) is 4.96. The summed E-state index contributed by atoms with van der Waals surface area (Å²) >= 11 is 0. The second kappa shape index (κ2) is 5.77. The monoisotopic (exact) mass is 272 g/mol. The number of hydrogen-bond donors (Lipinski definition) is 1. The third-order valence-electron chi connectivity index (χ3n) is 3.27. The number of nitrogens with zero attached hydrogens (tertiary/aromatic N) is 3. The van der Waals surface area contributed by atoms with E-state index in [1.807, 2.05) is 45.4 Å². The molecule has 0 saturated heterocycles. The van der Waals surface area contributed by atoms with Crippen molar-refractivity contribution < 1.29 is 4.79 Å². The summed E-state index contributed by atoms with van der Waals surface area (Å²) in [7, 11) is 5.54. The van der Waals surface area contributed by atoms with E-state index in [2.05, 4.69) is 10.4 Å². The zero-order valence-electron chi connectivity index (χ0n) is 12.3. The molecule has 1 aromatic heterocycles. The number of anilines is 1. The molecule has 2 rings (SSSR count). The minimum absolute atomic E-state index is 0.0135. The van der Waals surface area contributed by atoms with Crippen LogP contribution in [-0.4, -0.2) is 34.7 Å². The fourth-order valence-corrected chi connectivity index (χ4v) is 2.20. The molecule has 2 aromatic rings. The standard InChI is InChI=1S/C15H20N4O/c1-11-7-13(5-6-14(11)16-2)15(20)18(3)9-12-8-17-19(4)10-12/h5-8,10,16H,9H2,1-4H3. The Morgan fingerprint density at radius 1 is 1.45 bits per heavy atom. The Bertz CT molecular complexity index is 618. The highest BCUT2D eigenvalue weighted by Crippen LogP contribution is 2.17. The molecule has 1 N–H and O–H groups in total. The van der Waals surface area contributed by atoms with E-state index in [4.69, 9.17) is 0 Å². The first-order valence-electron chi connectivity index (χ1n) is 6.52. The van der Waals surface area contributed by atoms with Crippen molar-refractivity contribution in [2.24, 2.45) is 7.05 Å². The predicted molar refractivity (Wildman–Crippen MR) is 79.7 cm³/mol. The van der Waals surface area contributed by atoms with Gasteiger partial charge in [0, 0.05) is 50.7 Å². The second-order valence-electron chi connectivity index (χ2n) is 4.96. The lowest BCUT2D eigenvalue weighted by atomic mass is 10.1. The molecule has 0 unspecified atom stereocenters. The third-order valence-corrected chi connectivity index (χ3v) is 3.27. The maximum absolute atomic E-state index is 12.4. The first-order valence-corrected chi connectivity index (χ1v) is 6.52. The number of nitrogens with one attached hydrogen (secondary N) is 1. The van der Waals surface area contributed by atoms with Gasteiger partial charge in [-0.3, -0.25) is 9.48 Å². The fourth-order valence-electron chi connectivity index (χ4n) is 2.20. The Hall–Kier alpha value is -2.30. The molecule has 5 nitrogen and oxygen atoms in total. The van der Waals surface area contributed by atoms with Crippen LogP contribution in [-0.2, 0) is 13.6 Å². The largest absolute Gasteiger partial charge is 0.388 e. The summed E-state index contributed by atoms with van der Waals surface area (Å²) in [6.07, 6.45) is 3.69. The van der Waals surface area contributed by atoms with Gasteiger partial charge in [0.2, 0.25) is 0 Å². The lowest BCUT2D eigenvalue weighted by Gasteiger charge is -2.17. The van der Waals surface area contributed by atoms with Gasteiger partial charge in [0.15, 0.2) is 0 Å². The topological polar surface area (TPSA) is 50.2 Å². The number of carbonyl (C=O) groups excluding carboxylic acids is 1. The maximum atomic E-state index is 12.4. The van der Waals surface area contributed by atoms with Crippen molar-refractivity contribution in [2.45, 2.75) is 13.5 Å². The molecule has 0 atom stereocenters. The summed E-state index contributed by atoms with van der Waals surface area (Å²) in [5, 5.41) is 7.21. The Kier molecular flexibility index (Phi) is 4.08. The van der Waals surface area contributed by atoms with Crippen LogP contribution in [0.15, 0.2) is 30.6 Å². The lowest BCUT2D eigenvalue weighted by Crippen LogP contribution is -2.26. The van der Waals surface area contributed by atoms with Gasteiger partial charge in [-0.25, -0.2) is 0 Å². The van der Waals surface area contributed by atoms with E-state index in [0.29, 0.717) is 12.1 Å². The van der Waals surface area contributed by atoms with Crippen LogP contribution in [0.25, 0.3) is 0 Å². The van der Waals surface area contributed by atoms with Gasteiger partial charge in [0.05, 0.1) is 6.20 Å². The molecule has 0 aliphatic rings. The number of benzene rings is 1. The number of rotatable bonds is 4. The van der Waals surface area contributed by atoms with Crippen molar-refractivity contribution in [1.29, 1.82) is 0 Å². The highest BCUT2D eigenvalue weighted by Gasteiger charge is 2.13. The summed E-state index contributed by atoms with van der Waals surface area (Å²) in [6, 6.07) is 5.69. The average Bonchev–Trinajstić information content (AvgIpc) is 2.83. The lowest BCUT2D eigenvalue weighted by molar-refractivity contribution is 0.0785. The number of carbonyl (C=O) groups is 1. The van der Waals surface area contributed by atoms with Gasteiger partial charge in [0.1, 0.15) is 0 Å². The Balaban J connectivity index is 2.12. The normalized spacial score (nSPS) is 10.4. The van der Waals surface area contributed by atoms with E-state index in [0.717, 1.165) is 16.8 Å². The molecule has 0 aliphatic carbocycles. The van der Waals surface area contributed by atoms with Gasteiger partial charge in [-0.05, 0) is 30.7 Å². The van der Waals surface area contributed by atoms with Crippen LogP contribution >= 0.6 is 0 Å². The molecule has 0 saturated carbocycles. The smallest absolute Gasteiger partial charge is 0.253 e. The quantitative estimate of drug-likeness (QED) is 0.926. The maximum Gasteiger partial charge on any atom is 0.253 e. The van der Waals surface area contributed by atoms with Gasteiger partial charge in [-0.1, -0.05) is 0 Å². The molecule has 1 amide bonds. The molecule has 0 spiro atoms. The van der Waals surface area contributed by atoms with Crippen molar-refractivity contribution in [3.05, 3.63) is 47.3 Å². The van der Waals surface area contributed by atoms with E-state index < -0.39 is 0 Å². The third kappa shape index (κ3) is 2.99. The van der Waals surface area contributed by atoms with Crippen LogP contribution in [0, 0.1) is 6.92 Å². The highest BCUT2D eigenvalue weighted by atomic mass is 16.2.